The number of piperazine rings is 1. The average molecular weight is 330 g/mol. The molecule has 1 aromatic rings. The number of nitrogens with two attached hydrogens (primary N) is 1. The summed E-state index contributed by atoms with van der Waals surface area (Å²) in [5, 5.41) is 0. The second kappa shape index (κ2) is 6.26. The molecular formula is C19H27FN4. The summed E-state index contributed by atoms with van der Waals surface area (Å²) in [7, 11) is 0. The molecule has 3 fully saturated rings. The third kappa shape index (κ3) is 3.08. The summed E-state index contributed by atoms with van der Waals surface area (Å²) in [5.74, 6) is 1.44. The van der Waals surface area contributed by atoms with Crippen LogP contribution < -0.4 is 10.6 Å². The van der Waals surface area contributed by atoms with E-state index in [0.29, 0.717) is 11.4 Å². The van der Waals surface area contributed by atoms with Gasteiger partial charge in [-0.1, -0.05) is 6.42 Å². The molecule has 4 nitrogen and oxygen atoms in total. The van der Waals surface area contributed by atoms with Crippen molar-refractivity contribution < 1.29 is 4.39 Å². The van der Waals surface area contributed by atoms with Crippen molar-refractivity contribution in [2.45, 2.75) is 32.1 Å². The van der Waals surface area contributed by atoms with Crippen molar-refractivity contribution in [2.24, 2.45) is 22.1 Å². The van der Waals surface area contributed by atoms with Crippen LogP contribution >= 0.6 is 0 Å². The maximum Gasteiger partial charge on any atom is 0.191 e. The number of nitrogens with zero attached hydrogens (tertiary/aromatic N) is 3. The highest BCUT2D eigenvalue weighted by atomic mass is 19.1. The van der Waals surface area contributed by atoms with Crippen LogP contribution in [0.4, 0.5) is 10.1 Å². The van der Waals surface area contributed by atoms with E-state index in [1.807, 2.05) is 12.1 Å². The van der Waals surface area contributed by atoms with Crippen LogP contribution in [0.1, 0.15) is 32.1 Å². The van der Waals surface area contributed by atoms with Crippen molar-refractivity contribution in [3.05, 3.63) is 30.1 Å². The van der Waals surface area contributed by atoms with E-state index in [4.69, 9.17) is 10.7 Å². The van der Waals surface area contributed by atoms with E-state index in [-0.39, 0.29) is 5.82 Å². The van der Waals surface area contributed by atoms with E-state index >= 15 is 0 Å². The highest BCUT2D eigenvalue weighted by Crippen LogP contribution is 2.57. The Hall–Kier alpha value is -1.78. The van der Waals surface area contributed by atoms with Crippen LogP contribution in [0.5, 0.6) is 0 Å². The zero-order chi connectivity index (χ0) is 16.6. The zero-order valence-electron chi connectivity index (χ0n) is 14.3. The largest absolute Gasteiger partial charge is 0.370 e. The maximum absolute atomic E-state index is 13.0. The summed E-state index contributed by atoms with van der Waals surface area (Å²) in [6.45, 7) is 4.47. The molecule has 1 saturated heterocycles. The van der Waals surface area contributed by atoms with Crippen molar-refractivity contribution >= 4 is 11.6 Å². The smallest absolute Gasteiger partial charge is 0.191 e. The van der Waals surface area contributed by atoms with Gasteiger partial charge in [0.1, 0.15) is 5.82 Å². The van der Waals surface area contributed by atoms with Gasteiger partial charge in [0, 0.05) is 38.4 Å². The number of aliphatic imine (C=N–C) groups is 1. The number of hydrogen-bond donors (Lipinski definition) is 1. The maximum atomic E-state index is 13.0. The number of guanidine groups is 1. The monoisotopic (exact) mass is 330 g/mol. The first kappa shape index (κ1) is 15.7. The second-order valence-corrected chi connectivity index (χ2v) is 7.62. The van der Waals surface area contributed by atoms with Gasteiger partial charge in [-0.15, -0.1) is 0 Å². The highest BCUT2D eigenvalue weighted by molar-refractivity contribution is 5.78. The van der Waals surface area contributed by atoms with Crippen LogP contribution in [0.3, 0.4) is 0 Å². The first-order valence-electron chi connectivity index (χ1n) is 9.22. The molecule has 0 aromatic heterocycles. The van der Waals surface area contributed by atoms with Gasteiger partial charge in [-0.05, 0) is 61.3 Å². The fourth-order valence-corrected chi connectivity index (χ4v) is 4.21. The molecule has 0 unspecified atom stereocenters. The Morgan fingerprint density at radius 1 is 1.12 bits per heavy atom. The Morgan fingerprint density at radius 2 is 1.79 bits per heavy atom. The molecular weight excluding hydrogens is 303 g/mol. The quantitative estimate of drug-likeness (QED) is 0.682. The van der Waals surface area contributed by atoms with Crippen molar-refractivity contribution in [1.29, 1.82) is 0 Å². The number of halogens is 1. The third-order valence-corrected chi connectivity index (χ3v) is 6.14. The third-order valence-electron chi connectivity index (χ3n) is 6.14. The lowest BCUT2D eigenvalue weighted by Gasteiger charge is -2.42. The first-order valence-corrected chi connectivity index (χ1v) is 9.22. The fraction of sp³-hybridized carbons (Fsp3) is 0.632. The molecule has 1 heterocycles. The SMILES string of the molecule is NC(=NCC1(C2CC2)CCC1)N1CCN(c2ccc(F)cc2)CC1. The molecule has 2 aliphatic carbocycles. The Balaban J connectivity index is 1.31. The summed E-state index contributed by atoms with van der Waals surface area (Å²) in [5.41, 5.74) is 7.83. The number of rotatable bonds is 4. The lowest BCUT2D eigenvalue weighted by atomic mass is 9.65. The van der Waals surface area contributed by atoms with E-state index in [0.717, 1.165) is 44.3 Å². The Morgan fingerprint density at radius 3 is 2.33 bits per heavy atom. The molecule has 1 aromatic carbocycles. The fourth-order valence-electron chi connectivity index (χ4n) is 4.21. The van der Waals surface area contributed by atoms with Gasteiger partial charge in [-0.2, -0.15) is 0 Å². The average Bonchev–Trinajstić information content (AvgIpc) is 3.40. The number of hydrogen-bond acceptors (Lipinski definition) is 2. The lowest BCUT2D eigenvalue weighted by molar-refractivity contribution is 0.113. The molecule has 130 valence electrons. The molecule has 0 bridgehead atoms. The van der Waals surface area contributed by atoms with Crippen LogP contribution in [0.15, 0.2) is 29.3 Å². The number of benzene rings is 1. The minimum atomic E-state index is -0.186. The number of anilines is 1. The molecule has 24 heavy (non-hydrogen) atoms. The predicted molar refractivity (Wildman–Crippen MR) is 95.7 cm³/mol. The molecule has 0 atom stereocenters. The summed E-state index contributed by atoms with van der Waals surface area (Å²) < 4.78 is 13.0. The summed E-state index contributed by atoms with van der Waals surface area (Å²) in [4.78, 5) is 9.24. The summed E-state index contributed by atoms with van der Waals surface area (Å²) in [6.07, 6.45) is 6.83. The molecule has 2 N–H and O–H groups in total. The van der Waals surface area contributed by atoms with E-state index in [1.54, 1.807) is 0 Å². The summed E-state index contributed by atoms with van der Waals surface area (Å²) in [6, 6.07) is 6.73. The van der Waals surface area contributed by atoms with Gasteiger partial charge in [-0.25, -0.2) is 4.39 Å². The normalized spacial score (nSPS) is 24.0. The Kier molecular flexibility index (Phi) is 4.10. The Bertz CT molecular complexity index is 596. The van der Waals surface area contributed by atoms with E-state index in [9.17, 15) is 4.39 Å². The van der Waals surface area contributed by atoms with Crippen LogP contribution in [0, 0.1) is 17.2 Å². The van der Waals surface area contributed by atoms with Crippen molar-refractivity contribution in [3.63, 3.8) is 0 Å². The van der Waals surface area contributed by atoms with Gasteiger partial charge in [0.25, 0.3) is 0 Å². The van der Waals surface area contributed by atoms with E-state index in [2.05, 4.69) is 9.80 Å². The van der Waals surface area contributed by atoms with Gasteiger partial charge in [0.05, 0.1) is 0 Å². The van der Waals surface area contributed by atoms with Gasteiger partial charge < -0.3 is 15.5 Å². The molecule has 1 aliphatic heterocycles. The topological polar surface area (TPSA) is 44.9 Å². The van der Waals surface area contributed by atoms with Crippen molar-refractivity contribution in [3.8, 4) is 0 Å². The molecule has 0 spiro atoms. The van der Waals surface area contributed by atoms with Crippen molar-refractivity contribution in [2.75, 3.05) is 37.6 Å². The predicted octanol–water partition coefficient (Wildman–Crippen LogP) is 2.84. The zero-order valence-corrected chi connectivity index (χ0v) is 14.3. The lowest BCUT2D eigenvalue weighted by Crippen LogP contribution is -2.51. The van der Waals surface area contributed by atoms with E-state index < -0.39 is 0 Å². The molecule has 5 heteroatoms. The van der Waals surface area contributed by atoms with Gasteiger partial charge in [0.15, 0.2) is 5.96 Å². The Labute approximate surface area is 143 Å². The van der Waals surface area contributed by atoms with Crippen LogP contribution in [-0.2, 0) is 0 Å². The van der Waals surface area contributed by atoms with Crippen LogP contribution in [-0.4, -0.2) is 43.6 Å². The van der Waals surface area contributed by atoms with Gasteiger partial charge in [0.2, 0.25) is 0 Å². The minimum Gasteiger partial charge on any atom is -0.370 e. The van der Waals surface area contributed by atoms with Crippen LogP contribution in [0.2, 0.25) is 0 Å². The molecule has 2 saturated carbocycles. The second-order valence-electron chi connectivity index (χ2n) is 7.62. The standard InChI is InChI=1S/C19H27FN4/c20-16-4-6-17(7-5-16)23-10-12-24(13-11-23)18(21)22-14-19(8-1-9-19)15-2-3-15/h4-7,15H,1-3,8-14H2,(H2,21,22). The van der Waals surface area contributed by atoms with Crippen molar-refractivity contribution in [1.82, 2.24) is 4.90 Å². The molecule has 3 aliphatic rings. The summed E-state index contributed by atoms with van der Waals surface area (Å²) >= 11 is 0. The van der Waals surface area contributed by atoms with Crippen LogP contribution in [0.25, 0.3) is 0 Å². The highest BCUT2D eigenvalue weighted by Gasteiger charge is 2.48. The molecule has 0 amide bonds. The molecule has 0 radical (unpaired) electrons. The minimum absolute atomic E-state index is 0.186. The molecule has 4 rings (SSSR count). The van der Waals surface area contributed by atoms with Gasteiger partial charge in [-0.3, -0.25) is 4.99 Å². The van der Waals surface area contributed by atoms with Gasteiger partial charge >= 0.3 is 0 Å². The van der Waals surface area contributed by atoms with E-state index in [1.165, 1.54) is 44.2 Å². The first-order chi connectivity index (χ1) is 11.7.